The zero-order valence-electron chi connectivity index (χ0n) is 8.92. The SMILES string of the molecule is CC(N)C(c1ccncc1)n1cc(Br)cn1. The van der Waals surface area contributed by atoms with Gasteiger partial charge in [-0.25, -0.2) is 0 Å². The van der Waals surface area contributed by atoms with Crippen molar-refractivity contribution in [2.75, 3.05) is 0 Å². The number of hydrogen-bond acceptors (Lipinski definition) is 3. The monoisotopic (exact) mass is 280 g/mol. The Labute approximate surface area is 103 Å². The van der Waals surface area contributed by atoms with Crippen molar-refractivity contribution in [2.45, 2.75) is 19.0 Å². The van der Waals surface area contributed by atoms with E-state index in [4.69, 9.17) is 5.73 Å². The lowest BCUT2D eigenvalue weighted by Gasteiger charge is -2.21. The molecule has 0 aliphatic heterocycles. The van der Waals surface area contributed by atoms with Gasteiger partial charge in [0.25, 0.3) is 0 Å². The number of pyridine rings is 1. The van der Waals surface area contributed by atoms with E-state index < -0.39 is 0 Å². The van der Waals surface area contributed by atoms with Gasteiger partial charge in [-0.05, 0) is 40.5 Å². The smallest absolute Gasteiger partial charge is 0.0918 e. The summed E-state index contributed by atoms with van der Waals surface area (Å²) in [6.45, 7) is 1.97. The molecule has 2 unspecified atom stereocenters. The first-order chi connectivity index (χ1) is 7.68. The fraction of sp³-hybridized carbons (Fsp3) is 0.273. The Morgan fingerprint density at radius 1 is 1.38 bits per heavy atom. The summed E-state index contributed by atoms with van der Waals surface area (Å²) in [6, 6.07) is 3.94. The van der Waals surface area contributed by atoms with Crippen LogP contribution in [0.25, 0.3) is 0 Å². The van der Waals surface area contributed by atoms with Gasteiger partial charge in [-0.2, -0.15) is 5.10 Å². The average Bonchev–Trinajstić information content (AvgIpc) is 2.66. The van der Waals surface area contributed by atoms with E-state index in [-0.39, 0.29) is 12.1 Å². The van der Waals surface area contributed by atoms with Gasteiger partial charge in [0.2, 0.25) is 0 Å². The molecule has 0 spiro atoms. The first kappa shape index (κ1) is 11.3. The quantitative estimate of drug-likeness (QED) is 0.935. The van der Waals surface area contributed by atoms with E-state index in [1.165, 1.54) is 0 Å². The maximum Gasteiger partial charge on any atom is 0.0918 e. The average molecular weight is 281 g/mol. The van der Waals surface area contributed by atoms with Crippen LogP contribution in [0, 0.1) is 0 Å². The van der Waals surface area contributed by atoms with E-state index in [1.54, 1.807) is 18.6 Å². The Morgan fingerprint density at radius 2 is 2.06 bits per heavy atom. The van der Waals surface area contributed by atoms with Crippen LogP contribution in [0.15, 0.2) is 41.4 Å². The minimum Gasteiger partial charge on any atom is -0.326 e. The predicted molar refractivity (Wildman–Crippen MR) is 66.0 cm³/mol. The number of hydrogen-bond donors (Lipinski definition) is 1. The van der Waals surface area contributed by atoms with Crippen LogP contribution >= 0.6 is 15.9 Å². The molecule has 0 saturated carbocycles. The normalized spacial score (nSPS) is 14.7. The molecule has 0 bridgehead atoms. The minimum absolute atomic E-state index is 0.0193. The fourth-order valence-corrected chi connectivity index (χ4v) is 2.03. The molecule has 0 fully saturated rings. The van der Waals surface area contributed by atoms with E-state index in [1.807, 2.05) is 29.9 Å². The van der Waals surface area contributed by atoms with Crippen molar-refractivity contribution in [3.63, 3.8) is 0 Å². The van der Waals surface area contributed by atoms with Crippen LogP contribution in [0.3, 0.4) is 0 Å². The summed E-state index contributed by atoms with van der Waals surface area (Å²) in [5, 5.41) is 4.28. The maximum atomic E-state index is 6.01. The highest BCUT2D eigenvalue weighted by Gasteiger charge is 2.18. The van der Waals surface area contributed by atoms with Crippen LogP contribution in [0.1, 0.15) is 18.5 Å². The lowest BCUT2D eigenvalue weighted by atomic mass is 10.0. The Morgan fingerprint density at radius 3 is 2.56 bits per heavy atom. The van der Waals surface area contributed by atoms with E-state index in [0.29, 0.717) is 0 Å². The summed E-state index contributed by atoms with van der Waals surface area (Å²) in [5.41, 5.74) is 7.13. The van der Waals surface area contributed by atoms with Crippen molar-refractivity contribution in [3.05, 3.63) is 47.0 Å². The van der Waals surface area contributed by atoms with Crippen molar-refractivity contribution in [3.8, 4) is 0 Å². The number of aromatic nitrogens is 3. The zero-order chi connectivity index (χ0) is 11.5. The first-order valence-corrected chi connectivity index (χ1v) is 5.83. The van der Waals surface area contributed by atoms with E-state index in [2.05, 4.69) is 26.0 Å². The van der Waals surface area contributed by atoms with Crippen LogP contribution in [0.2, 0.25) is 0 Å². The molecule has 2 aromatic heterocycles. The summed E-state index contributed by atoms with van der Waals surface area (Å²) < 4.78 is 2.82. The molecular formula is C11H13BrN4. The molecule has 2 heterocycles. The standard InChI is InChI=1S/C11H13BrN4/c1-8(13)11(9-2-4-14-5-3-9)16-7-10(12)6-15-16/h2-8,11H,13H2,1H3. The second kappa shape index (κ2) is 4.76. The van der Waals surface area contributed by atoms with Crippen LogP contribution in [0.4, 0.5) is 0 Å². The maximum absolute atomic E-state index is 6.01. The lowest BCUT2D eigenvalue weighted by Crippen LogP contribution is -2.30. The molecule has 2 atom stereocenters. The van der Waals surface area contributed by atoms with Gasteiger partial charge in [0.05, 0.1) is 16.7 Å². The number of nitrogens with zero attached hydrogens (tertiary/aromatic N) is 3. The molecule has 0 aliphatic rings. The van der Waals surface area contributed by atoms with Crippen molar-refractivity contribution >= 4 is 15.9 Å². The Bertz CT molecular complexity index is 452. The van der Waals surface area contributed by atoms with Crippen molar-refractivity contribution < 1.29 is 0 Å². The lowest BCUT2D eigenvalue weighted by molar-refractivity contribution is 0.453. The molecule has 0 aliphatic carbocycles. The summed E-state index contributed by atoms with van der Waals surface area (Å²) in [5.74, 6) is 0. The first-order valence-electron chi connectivity index (χ1n) is 5.03. The second-order valence-corrected chi connectivity index (χ2v) is 4.64. The highest BCUT2D eigenvalue weighted by molar-refractivity contribution is 9.10. The molecule has 0 aromatic carbocycles. The number of halogens is 1. The minimum atomic E-state index is -0.0193. The molecule has 2 aromatic rings. The third-order valence-electron chi connectivity index (χ3n) is 2.40. The Hall–Kier alpha value is -1.20. The molecule has 5 heteroatoms. The summed E-state index contributed by atoms with van der Waals surface area (Å²) in [6.07, 6.45) is 7.22. The summed E-state index contributed by atoms with van der Waals surface area (Å²) in [7, 11) is 0. The molecule has 4 nitrogen and oxygen atoms in total. The molecule has 16 heavy (non-hydrogen) atoms. The Balaban J connectivity index is 2.39. The zero-order valence-corrected chi connectivity index (χ0v) is 10.5. The van der Waals surface area contributed by atoms with Crippen LogP contribution in [0.5, 0.6) is 0 Å². The summed E-state index contributed by atoms with van der Waals surface area (Å²) >= 11 is 3.39. The van der Waals surface area contributed by atoms with Gasteiger partial charge >= 0.3 is 0 Å². The molecule has 0 radical (unpaired) electrons. The van der Waals surface area contributed by atoms with Crippen LogP contribution in [-0.4, -0.2) is 20.8 Å². The highest BCUT2D eigenvalue weighted by atomic mass is 79.9. The number of nitrogens with two attached hydrogens (primary N) is 1. The molecule has 0 amide bonds. The molecule has 2 N–H and O–H groups in total. The van der Waals surface area contributed by atoms with Gasteiger partial charge < -0.3 is 5.73 Å². The third-order valence-corrected chi connectivity index (χ3v) is 2.81. The van der Waals surface area contributed by atoms with Crippen molar-refractivity contribution in [1.82, 2.24) is 14.8 Å². The second-order valence-electron chi connectivity index (χ2n) is 3.72. The van der Waals surface area contributed by atoms with Gasteiger partial charge in [0, 0.05) is 24.6 Å². The highest BCUT2D eigenvalue weighted by Crippen LogP contribution is 2.21. The fourth-order valence-electron chi connectivity index (χ4n) is 1.72. The molecule has 84 valence electrons. The number of rotatable bonds is 3. The van der Waals surface area contributed by atoms with Gasteiger partial charge in [-0.15, -0.1) is 0 Å². The van der Waals surface area contributed by atoms with Crippen LogP contribution < -0.4 is 5.73 Å². The predicted octanol–water partition coefficient (Wildman–Crippen LogP) is 1.98. The topological polar surface area (TPSA) is 56.7 Å². The van der Waals surface area contributed by atoms with Crippen LogP contribution in [-0.2, 0) is 0 Å². The van der Waals surface area contributed by atoms with Gasteiger partial charge in [-0.3, -0.25) is 9.67 Å². The van der Waals surface area contributed by atoms with E-state index >= 15 is 0 Å². The third kappa shape index (κ3) is 2.31. The Kier molecular flexibility index (Phi) is 3.36. The van der Waals surface area contributed by atoms with Gasteiger partial charge in [0.1, 0.15) is 0 Å². The molecular weight excluding hydrogens is 268 g/mol. The molecule has 2 rings (SSSR count). The van der Waals surface area contributed by atoms with E-state index in [9.17, 15) is 0 Å². The summed E-state index contributed by atoms with van der Waals surface area (Å²) in [4.78, 5) is 4.01. The van der Waals surface area contributed by atoms with Gasteiger partial charge in [0.15, 0.2) is 0 Å². The van der Waals surface area contributed by atoms with Crippen molar-refractivity contribution in [2.24, 2.45) is 5.73 Å². The molecule has 0 saturated heterocycles. The van der Waals surface area contributed by atoms with Gasteiger partial charge in [-0.1, -0.05) is 0 Å². The van der Waals surface area contributed by atoms with E-state index in [0.717, 1.165) is 10.0 Å². The largest absolute Gasteiger partial charge is 0.326 e. The van der Waals surface area contributed by atoms with Crippen molar-refractivity contribution in [1.29, 1.82) is 0 Å².